The Labute approximate surface area is 178 Å². The molecule has 12 heteroatoms. The van der Waals surface area contributed by atoms with Gasteiger partial charge < -0.3 is 15.3 Å². The molecular weight excluding hydrogens is 435 g/mol. The highest BCUT2D eigenvalue weighted by Gasteiger charge is 2.39. The summed E-state index contributed by atoms with van der Waals surface area (Å²) in [4.78, 5) is 9.36. The Morgan fingerprint density at radius 2 is 2.00 bits per heavy atom. The van der Waals surface area contributed by atoms with Gasteiger partial charge in [-0.25, -0.2) is 18.1 Å². The molecule has 0 radical (unpaired) electrons. The Kier molecular flexibility index (Phi) is 6.18. The molecular formula is C19H24F3N5O3S. The summed E-state index contributed by atoms with van der Waals surface area (Å²) < 4.78 is 66.8. The third-order valence-electron chi connectivity index (χ3n) is 5.07. The molecule has 2 aromatic rings. The molecule has 3 N–H and O–H groups in total. The number of aryl methyl sites for hydroxylation is 1. The first kappa shape index (κ1) is 23.2. The van der Waals surface area contributed by atoms with E-state index in [1.54, 1.807) is 13.8 Å². The predicted octanol–water partition coefficient (Wildman–Crippen LogP) is 2.81. The number of sulfonamides is 1. The van der Waals surface area contributed by atoms with Crippen molar-refractivity contribution in [2.24, 2.45) is 0 Å². The Morgan fingerprint density at radius 1 is 1.29 bits per heavy atom. The van der Waals surface area contributed by atoms with Gasteiger partial charge in [-0.3, -0.25) is 0 Å². The molecule has 0 bridgehead atoms. The van der Waals surface area contributed by atoms with Crippen molar-refractivity contribution in [3.05, 3.63) is 35.5 Å². The van der Waals surface area contributed by atoms with E-state index < -0.39 is 27.4 Å². The number of halogens is 3. The standard InChI is InChI=1S/C19H24F3N5O3S/c1-12-9-13(31(29,30)23-3)5-6-15(12)25-17-24-10-14(19(20,21)22)16(26-17)27-8-4-7-18(2,28)11-27/h5-6,9-10,23,28H,4,7-8,11H2,1-3H3,(H,24,25,26)/t18-/m0/s1. The lowest BCUT2D eigenvalue weighted by atomic mass is 9.95. The van der Waals surface area contributed by atoms with E-state index in [9.17, 15) is 26.7 Å². The van der Waals surface area contributed by atoms with Gasteiger partial charge in [0.2, 0.25) is 16.0 Å². The highest BCUT2D eigenvalue weighted by atomic mass is 32.2. The van der Waals surface area contributed by atoms with Crippen molar-refractivity contribution in [1.82, 2.24) is 14.7 Å². The number of hydrogen-bond donors (Lipinski definition) is 3. The number of aliphatic hydroxyl groups is 1. The number of anilines is 3. The van der Waals surface area contributed by atoms with Crippen LogP contribution in [0.2, 0.25) is 0 Å². The zero-order valence-electron chi connectivity index (χ0n) is 17.3. The molecule has 1 aliphatic rings. The van der Waals surface area contributed by atoms with Crippen molar-refractivity contribution < 1.29 is 26.7 Å². The van der Waals surface area contributed by atoms with Gasteiger partial charge in [-0.1, -0.05) is 0 Å². The Bertz CT molecular complexity index is 1070. The Balaban J connectivity index is 1.96. The van der Waals surface area contributed by atoms with Crippen molar-refractivity contribution in [3.8, 4) is 0 Å². The van der Waals surface area contributed by atoms with Gasteiger partial charge in [0.05, 0.1) is 10.5 Å². The van der Waals surface area contributed by atoms with Crippen LogP contribution in [-0.4, -0.2) is 49.2 Å². The van der Waals surface area contributed by atoms with Crippen LogP contribution in [0, 0.1) is 6.92 Å². The second kappa shape index (κ2) is 8.24. The highest BCUT2D eigenvalue weighted by Crippen LogP contribution is 2.37. The second-order valence-corrected chi connectivity index (χ2v) is 9.65. The lowest BCUT2D eigenvalue weighted by molar-refractivity contribution is -0.137. The fourth-order valence-electron chi connectivity index (χ4n) is 3.46. The summed E-state index contributed by atoms with van der Waals surface area (Å²) in [5.41, 5.74) is -1.11. The Hall–Kier alpha value is -2.44. The largest absolute Gasteiger partial charge is 0.421 e. The number of hydrogen-bond acceptors (Lipinski definition) is 7. The summed E-state index contributed by atoms with van der Waals surface area (Å²) >= 11 is 0. The molecule has 0 unspecified atom stereocenters. The van der Waals surface area contributed by atoms with Crippen LogP contribution in [0.15, 0.2) is 29.3 Å². The van der Waals surface area contributed by atoms with E-state index in [4.69, 9.17) is 0 Å². The average Bonchev–Trinajstić information content (AvgIpc) is 2.67. The molecule has 1 aliphatic heterocycles. The number of piperidine rings is 1. The fraction of sp³-hybridized carbons (Fsp3) is 0.474. The number of β-amino-alcohol motifs (C(OH)–C–C–N with tert-alkyl or cyclic N) is 1. The summed E-state index contributed by atoms with van der Waals surface area (Å²) in [5, 5.41) is 13.2. The normalized spacial score (nSPS) is 20.0. The molecule has 3 rings (SSSR count). The molecule has 0 spiro atoms. The monoisotopic (exact) mass is 459 g/mol. The van der Waals surface area contributed by atoms with Gasteiger partial charge in [0.15, 0.2) is 0 Å². The molecule has 0 aliphatic carbocycles. The van der Waals surface area contributed by atoms with Crippen LogP contribution < -0.4 is 14.9 Å². The first-order valence-electron chi connectivity index (χ1n) is 9.55. The molecule has 1 atom stereocenters. The van der Waals surface area contributed by atoms with Crippen molar-refractivity contribution in [2.45, 2.75) is 43.4 Å². The van der Waals surface area contributed by atoms with E-state index in [0.717, 1.165) is 0 Å². The maximum absolute atomic E-state index is 13.6. The topological polar surface area (TPSA) is 107 Å². The zero-order valence-corrected chi connectivity index (χ0v) is 18.1. The molecule has 8 nitrogen and oxygen atoms in total. The summed E-state index contributed by atoms with van der Waals surface area (Å²) in [6, 6.07) is 4.29. The molecule has 31 heavy (non-hydrogen) atoms. The van der Waals surface area contributed by atoms with Crippen LogP contribution in [0.4, 0.5) is 30.6 Å². The van der Waals surface area contributed by atoms with Gasteiger partial charge in [0.1, 0.15) is 11.4 Å². The van der Waals surface area contributed by atoms with Gasteiger partial charge in [-0.05, 0) is 57.5 Å². The smallest absolute Gasteiger partial charge is 0.388 e. The first-order valence-corrected chi connectivity index (χ1v) is 11.0. The SMILES string of the molecule is CNS(=O)(=O)c1ccc(Nc2ncc(C(F)(F)F)c(N3CCC[C@](C)(O)C3)n2)c(C)c1. The summed E-state index contributed by atoms with van der Waals surface area (Å²) in [6.07, 6.45) is -2.93. The molecule has 1 aromatic heterocycles. The van der Waals surface area contributed by atoms with Crippen molar-refractivity contribution in [3.63, 3.8) is 0 Å². The van der Waals surface area contributed by atoms with Crippen molar-refractivity contribution >= 4 is 27.5 Å². The molecule has 170 valence electrons. The predicted molar refractivity (Wildman–Crippen MR) is 110 cm³/mol. The summed E-state index contributed by atoms with van der Waals surface area (Å²) in [5.74, 6) is -0.377. The number of nitrogens with one attached hydrogen (secondary N) is 2. The molecule has 1 aromatic carbocycles. The average molecular weight is 459 g/mol. The quantitative estimate of drug-likeness (QED) is 0.631. The van der Waals surface area contributed by atoms with Gasteiger partial charge in [0, 0.05) is 25.0 Å². The number of nitrogens with zero attached hydrogens (tertiary/aromatic N) is 3. The van der Waals surface area contributed by atoms with Crippen molar-refractivity contribution in [2.75, 3.05) is 30.4 Å². The molecule has 0 amide bonds. The zero-order chi connectivity index (χ0) is 23.0. The van der Waals surface area contributed by atoms with Crippen LogP contribution >= 0.6 is 0 Å². The minimum absolute atomic E-state index is 0.0160. The molecule has 1 saturated heterocycles. The first-order chi connectivity index (χ1) is 14.3. The minimum Gasteiger partial charge on any atom is -0.388 e. The van der Waals surface area contributed by atoms with Crippen LogP contribution in [0.5, 0.6) is 0 Å². The van der Waals surface area contributed by atoms with E-state index in [1.165, 1.54) is 30.1 Å². The Morgan fingerprint density at radius 3 is 2.58 bits per heavy atom. The molecule has 0 saturated carbocycles. The van der Waals surface area contributed by atoms with Crippen LogP contribution in [-0.2, 0) is 16.2 Å². The third kappa shape index (κ3) is 5.25. The third-order valence-corrected chi connectivity index (χ3v) is 6.48. The van der Waals surface area contributed by atoms with Crippen LogP contribution in [0.3, 0.4) is 0 Å². The van der Waals surface area contributed by atoms with Gasteiger partial charge in [0.25, 0.3) is 0 Å². The van der Waals surface area contributed by atoms with E-state index in [-0.39, 0.29) is 23.2 Å². The molecule has 1 fully saturated rings. The fourth-order valence-corrected chi connectivity index (χ4v) is 4.27. The van der Waals surface area contributed by atoms with E-state index in [2.05, 4.69) is 20.0 Å². The van der Waals surface area contributed by atoms with Gasteiger partial charge in [-0.2, -0.15) is 18.2 Å². The van der Waals surface area contributed by atoms with Crippen LogP contribution in [0.1, 0.15) is 30.9 Å². The molecule has 2 heterocycles. The van der Waals surface area contributed by atoms with E-state index >= 15 is 0 Å². The van der Waals surface area contributed by atoms with Crippen LogP contribution in [0.25, 0.3) is 0 Å². The maximum atomic E-state index is 13.6. The number of alkyl halides is 3. The summed E-state index contributed by atoms with van der Waals surface area (Å²) in [6.45, 7) is 3.58. The number of benzene rings is 1. The second-order valence-electron chi connectivity index (χ2n) is 7.76. The number of rotatable bonds is 5. The minimum atomic E-state index is -4.66. The van der Waals surface area contributed by atoms with Crippen molar-refractivity contribution in [1.29, 1.82) is 0 Å². The lowest BCUT2D eigenvalue weighted by Crippen LogP contribution is -2.47. The van der Waals surface area contributed by atoms with Gasteiger partial charge in [-0.15, -0.1) is 0 Å². The van der Waals surface area contributed by atoms with E-state index in [1.807, 2.05) is 0 Å². The summed E-state index contributed by atoms with van der Waals surface area (Å²) in [7, 11) is -2.33. The highest BCUT2D eigenvalue weighted by molar-refractivity contribution is 7.89. The lowest BCUT2D eigenvalue weighted by Gasteiger charge is -2.38. The van der Waals surface area contributed by atoms with Gasteiger partial charge >= 0.3 is 6.18 Å². The van der Waals surface area contributed by atoms with E-state index in [0.29, 0.717) is 36.8 Å². The number of aromatic nitrogens is 2. The maximum Gasteiger partial charge on any atom is 0.421 e.